The van der Waals surface area contributed by atoms with Crippen LogP contribution in [-0.4, -0.2) is 20.0 Å². The van der Waals surface area contributed by atoms with Crippen molar-refractivity contribution < 1.29 is 14.3 Å². The van der Waals surface area contributed by atoms with Crippen LogP contribution in [0.2, 0.25) is 0 Å². The highest BCUT2D eigenvalue weighted by Gasteiger charge is 2.37. The van der Waals surface area contributed by atoms with Crippen LogP contribution in [0.25, 0.3) is 0 Å². The van der Waals surface area contributed by atoms with Gasteiger partial charge in [-0.2, -0.15) is 0 Å². The fourth-order valence-corrected chi connectivity index (χ4v) is 2.48. The first-order chi connectivity index (χ1) is 8.10. The van der Waals surface area contributed by atoms with Gasteiger partial charge < -0.3 is 9.47 Å². The molecular weight excluding hydrogens is 216 g/mol. The fraction of sp³-hybridized carbons (Fsp3) is 0.500. The van der Waals surface area contributed by atoms with Crippen molar-refractivity contribution in [2.45, 2.75) is 20.3 Å². The predicted molar refractivity (Wildman–Crippen MR) is 65.9 cm³/mol. The molecule has 0 spiro atoms. The number of ether oxygens (including phenoxy) is 2. The minimum Gasteiger partial charge on any atom is -0.496 e. The van der Waals surface area contributed by atoms with Crippen molar-refractivity contribution in [1.82, 2.24) is 0 Å². The highest BCUT2D eigenvalue weighted by atomic mass is 16.5. The van der Waals surface area contributed by atoms with E-state index in [0.717, 1.165) is 17.7 Å². The number of hydrogen-bond donors (Lipinski definition) is 0. The van der Waals surface area contributed by atoms with Crippen LogP contribution in [-0.2, 0) is 6.42 Å². The van der Waals surface area contributed by atoms with E-state index in [-0.39, 0.29) is 11.7 Å². The minimum atomic E-state index is 0.0511. The number of ketones is 1. The van der Waals surface area contributed by atoms with Gasteiger partial charge in [-0.15, -0.1) is 0 Å². The van der Waals surface area contributed by atoms with Crippen LogP contribution in [0, 0.1) is 11.8 Å². The van der Waals surface area contributed by atoms with Crippen LogP contribution < -0.4 is 9.47 Å². The van der Waals surface area contributed by atoms with Crippen LogP contribution in [0.4, 0.5) is 0 Å². The number of carbonyl (C=O) groups excluding carboxylic acids is 1. The molecule has 1 unspecified atom stereocenters. The van der Waals surface area contributed by atoms with Gasteiger partial charge in [-0.05, 0) is 24.5 Å². The van der Waals surface area contributed by atoms with Crippen LogP contribution in [0.3, 0.4) is 0 Å². The Kier molecular flexibility index (Phi) is 3.09. The van der Waals surface area contributed by atoms with Gasteiger partial charge in [-0.1, -0.05) is 13.8 Å². The molecule has 2 rings (SSSR count). The van der Waals surface area contributed by atoms with E-state index in [4.69, 9.17) is 9.47 Å². The number of Topliss-reactive ketones (excluding diaryl/α,β-unsaturated/α-hetero) is 1. The molecule has 0 amide bonds. The zero-order valence-electron chi connectivity index (χ0n) is 10.7. The van der Waals surface area contributed by atoms with Crippen molar-refractivity contribution in [2.75, 3.05) is 14.2 Å². The lowest BCUT2D eigenvalue weighted by atomic mass is 9.92. The standard InChI is InChI=1S/C14H18O3/c1-8(2)9-7-10-11(16-3)5-6-12(17-4)13(10)14(9)15/h5-6,8-9H,7H2,1-4H3. The number of hydrogen-bond acceptors (Lipinski definition) is 3. The first-order valence-corrected chi connectivity index (χ1v) is 5.88. The Balaban J connectivity index is 2.54. The van der Waals surface area contributed by atoms with Gasteiger partial charge >= 0.3 is 0 Å². The van der Waals surface area contributed by atoms with Gasteiger partial charge in [0.05, 0.1) is 19.8 Å². The minimum absolute atomic E-state index is 0.0511. The molecule has 1 aromatic carbocycles. The second kappa shape index (κ2) is 4.40. The molecular formula is C14H18O3. The Hall–Kier alpha value is -1.51. The summed E-state index contributed by atoms with van der Waals surface area (Å²) in [5.74, 6) is 2.02. The van der Waals surface area contributed by atoms with E-state index in [1.807, 2.05) is 6.07 Å². The van der Waals surface area contributed by atoms with E-state index in [0.29, 0.717) is 17.2 Å². The second-order valence-corrected chi connectivity index (χ2v) is 4.74. The first-order valence-electron chi connectivity index (χ1n) is 5.88. The smallest absolute Gasteiger partial charge is 0.170 e. The van der Waals surface area contributed by atoms with E-state index in [1.165, 1.54) is 0 Å². The van der Waals surface area contributed by atoms with Crippen LogP contribution in [0.15, 0.2) is 12.1 Å². The third-order valence-electron chi connectivity index (χ3n) is 3.48. The maximum absolute atomic E-state index is 12.4. The summed E-state index contributed by atoms with van der Waals surface area (Å²) in [4.78, 5) is 12.4. The van der Waals surface area contributed by atoms with Gasteiger partial charge in [0.25, 0.3) is 0 Å². The molecule has 17 heavy (non-hydrogen) atoms. The molecule has 0 fully saturated rings. The molecule has 0 heterocycles. The quantitative estimate of drug-likeness (QED) is 0.806. The molecule has 0 N–H and O–H groups in total. The van der Waals surface area contributed by atoms with Gasteiger partial charge in [0.2, 0.25) is 0 Å². The van der Waals surface area contributed by atoms with E-state index in [2.05, 4.69) is 13.8 Å². The second-order valence-electron chi connectivity index (χ2n) is 4.74. The summed E-state index contributed by atoms with van der Waals surface area (Å²) in [5.41, 5.74) is 1.71. The molecule has 1 aromatic rings. The summed E-state index contributed by atoms with van der Waals surface area (Å²) in [6.07, 6.45) is 0.756. The third-order valence-corrected chi connectivity index (χ3v) is 3.48. The molecule has 3 nitrogen and oxygen atoms in total. The van der Waals surface area contributed by atoms with Gasteiger partial charge in [-0.3, -0.25) is 4.79 Å². The molecule has 3 heteroatoms. The molecule has 0 aliphatic heterocycles. The van der Waals surface area contributed by atoms with Crippen molar-refractivity contribution in [1.29, 1.82) is 0 Å². The topological polar surface area (TPSA) is 35.5 Å². The van der Waals surface area contributed by atoms with Crippen molar-refractivity contribution >= 4 is 5.78 Å². The number of fused-ring (bicyclic) bond motifs is 1. The third kappa shape index (κ3) is 1.79. The molecule has 1 atom stereocenters. The SMILES string of the molecule is COc1ccc(OC)c2c1CC(C(C)C)C2=O. The predicted octanol–water partition coefficient (Wildman–Crippen LogP) is 2.71. The van der Waals surface area contributed by atoms with Crippen molar-refractivity contribution in [2.24, 2.45) is 11.8 Å². The lowest BCUT2D eigenvalue weighted by Crippen LogP contribution is -2.15. The largest absolute Gasteiger partial charge is 0.496 e. The Labute approximate surface area is 102 Å². The zero-order chi connectivity index (χ0) is 12.6. The summed E-state index contributed by atoms with van der Waals surface area (Å²) in [6, 6.07) is 3.67. The van der Waals surface area contributed by atoms with Crippen molar-refractivity contribution in [3.8, 4) is 11.5 Å². The van der Waals surface area contributed by atoms with E-state index >= 15 is 0 Å². The van der Waals surface area contributed by atoms with Crippen LogP contribution in [0.5, 0.6) is 11.5 Å². The molecule has 0 radical (unpaired) electrons. The highest BCUT2D eigenvalue weighted by Crippen LogP contribution is 2.41. The lowest BCUT2D eigenvalue weighted by molar-refractivity contribution is 0.0903. The molecule has 1 aliphatic carbocycles. The number of methoxy groups -OCH3 is 2. The Morgan fingerprint density at radius 3 is 2.29 bits per heavy atom. The average molecular weight is 234 g/mol. The summed E-state index contributed by atoms with van der Waals surface area (Å²) in [5, 5.41) is 0. The Morgan fingerprint density at radius 2 is 1.76 bits per heavy atom. The van der Waals surface area contributed by atoms with Crippen LogP contribution >= 0.6 is 0 Å². The fourth-order valence-electron chi connectivity index (χ4n) is 2.48. The number of rotatable bonds is 3. The normalized spacial score (nSPS) is 18.4. The monoisotopic (exact) mass is 234 g/mol. The Bertz CT molecular complexity index is 449. The van der Waals surface area contributed by atoms with Gasteiger partial charge in [0, 0.05) is 11.5 Å². The molecule has 92 valence electrons. The average Bonchev–Trinajstić information content (AvgIpc) is 2.67. The molecule has 0 saturated heterocycles. The van der Waals surface area contributed by atoms with Gasteiger partial charge in [0.1, 0.15) is 11.5 Å². The van der Waals surface area contributed by atoms with Gasteiger partial charge in [-0.25, -0.2) is 0 Å². The summed E-state index contributed by atoms with van der Waals surface area (Å²) >= 11 is 0. The van der Waals surface area contributed by atoms with Crippen LogP contribution in [0.1, 0.15) is 29.8 Å². The maximum Gasteiger partial charge on any atom is 0.170 e. The van der Waals surface area contributed by atoms with E-state index in [1.54, 1.807) is 20.3 Å². The first kappa shape index (κ1) is 12.0. The summed E-state index contributed by atoms with van der Waals surface area (Å²) < 4.78 is 10.6. The van der Waals surface area contributed by atoms with Gasteiger partial charge in [0.15, 0.2) is 5.78 Å². The highest BCUT2D eigenvalue weighted by molar-refractivity contribution is 6.05. The van der Waals surface area contributed by atoms with E-state index < -0.39 is 0 Å². The number of carbonyl (C=O) groups is 1. The van der Waals surface area contributed by atoms with Crippen molar-refractivity contribution in [3.05, 3.63) is 23.3 Å². The lowest BCUT2D eigenvalue weighted by Gasteiger charge is -2.11. The van der Waals surface area contributed by atoms with E-state index in [9.17, 15) is 4.79 Å². The molecule has 0 bridgehead atoms. The maximum atomic E-state index is 12.4. The molecule has 0 saturated carbocycles. The Morgan fingerprint density at radius 1 is 1.18 bits per heavy atom. The van der Waals surface area contributed by atoms with Crippen molar-refractivity contribution in [3.63, 3.8) is 0 Å². The zero-order valence-corrected chi connectivity index (χ0v) is 10.7. The molecule has 1 aliphatic rings. The molecule has 0 aromatic heterocycles. The summed E-state index contributed by atoms with van der Waals surface area (Å²) in [6.45, 7) is 4.15. The number of benzene rings is 1. The summed E-state index contributed by atoms with van der Waals surface area (Å²) in [7, 11) is 3.23.